The Bertz CT molecular complexity index is 974. The highest BCUT2D eigenvalue weighted by atomic mass is 32.2. The van der Waals surface area contributed by atoms with Gasteiger partial charge in [0, 0.05) is 30.4 Å². The number of imidazole rings is 1. The van der Waals surface area contributed by atoms with E-state index in [-0.39, 0.29) is 17.8 Å². The number of thioether (sulfide) groups is 1. The van der Waals surface area contributed by atoms with Crippen molar-refractivity contribution >= 4 is 23.2 Å². The van der Waals surface area contributed by atoms with Gasteiger partial charge in [-0.1, -0.05) is 17.3 Å². The van der Waals surface area contributed by atoms with Crippen molar-refractivity contribution in [2.75, 3.05) is 11.5 Å². The molecule has 2 aromatic heterocycles. The average Bonchev–Trinajstić information content (AvgIpc) is 3.25. The maximum absolute atomic E-state index is 14.6. The summed E-state index contributed by atoms with van der Waals surface area (Å²) in [6, 6.07) is 6.96. The fourth-order valence-corrected chi connectivity index (χ4v) is 4.29. The summed E-state index contributed by atoms with van der Waals surface area (Å²) in [5, 5.41) is 4.02. The zero-order valence-corrected chi connectivity index (χ0v) is 16.0. The molecule has 0 amide bonds. The lowest BCUT2D eigenvalue weighted by Crippen LogP contribution is -2.33. The normalized spacial score (nSPS) is 16.1. The summed E-state index contributed by atoms with van der Waals surface area (Å²) in [4.78, 5) is 5.52. The molecule has 0 spiro atoms. The van der Waals surface area contributed by atoms with E-state index in [4.69, 9.17) is 10.6 Å². The lowest BCUT2D eigenvalue weighted by Gasteiger charge is -2.19. The van der Waals surface area contributed by atoms with E-state index in [0.717, 1.165) is 30.0 Å². The van der Waals surface area contributed by atoms with Crippen molar-refractivity contribution < 1.29 is 13.8 Å². The number of hydrogen-bond donors (Lipinski definition) is 1. The van der Waals surface area contributed by atoms with Crippen LogP contribution in [0.15, 0.2) is 48.0 Å². The Morgan fingerprint density at radius 2 is 2.15 bits per heavy atom. The van der Waals surface area contributed by atoms with Crippen molar-refractivity contribution in [3.8, 4) is 0 Å². The molecule has 0 aliphatic carbocycles. The van der Waals surface area contributed by atoms with Crippen molar-refractivity contribution in [3.63, 3.8) is 0 Å². The third-order valence-corrected chi connectivity index (χ3v) is 5.90. The van der Waals surface area contributed by atoms with Crippen LogP contribution in [-0.4, -0.2) is 32.6 Å². The number of halogens is 1. The zero-order chi connectivity index (χ0) is 18.8. The number of rotatable bonds is 5. The predicted octanol–water partition coefficient (Wildman–Crippen LogP) is 2.29. The van der Waals surface area contributed by atoms with Gasteiger partial charge in [-0.05, 0) is 30.4 Å². The van der Waals surface area contributed by atoms with E-state index in [1.54, 1.807) is 12.1 Å². The molecule has 1 aliphatic rings. The van der Waals surface area contributed by atoms with Gasteiger partial charge in [0.05, 0.1) is 0 Å². The van der Waals surface area contributed by atoms with Crippen LogP contribution in [0.2, 0.25) is 0 Å². The van der Waals surface area contributed by atoms with Gasteiger partial charge in [0.15, 0.2) is 12.0 Å². The highest BCUT2D eigenvalue weighted by Crippen LogP contribution is 2.20. The Morgan fingerprint density at radius 3 is 2.93 bits per heavy atom. The monoisotopic (exact) mass is 388 g/mol. The standard InChI is InChI=1S/C19H23FN5OS/c1-23-7-4-18-24(8-9-25(18)23)13-15-3-2-14(12-17(15)20)19(21)22-26-16-5-10-27-11-6-16/h2-4,7-9,12,16H,5-6,10-11,13H2,1H3,(H2,21,22)/q+1. The molecular weight excluding hydrogens is 365 g/mol. The summed E-state index contributed by atoms with van der Waals surface area (Å²) < 4.78 is 20.6. The smallest absolute Gasteiger partial charge is 0.307 e. The zero-order valence-electron chi connectivity index (χ0n) is 15.2. The lowest BCUT2D eigenvalue weighted by molar-refractivity contribution is -0.662. The van der Waals surface area contributed by atoms with E-state index in [1.165, 1.54) is 6.07 Å². The van der Waals surface area contributed by atoms with Gasteiger partial charge >= 0.3 is 5.65 Å². The van der Waals surface area contributed by atoms with Gasteiger partial charge in [0.1, 0.15) is 24.7 Å². The molecule has 0 radical (unpaired) electrons. The maximum atomic E-state index is 14.6. The summed E-state index contributed by atoms with van der Waals surface area (Å²) in [7, 11) is 1.96. The second-order valence-corrected chi connectivity index (χ2v) is 7.94. The van der Waals surface area contributed by atoms with Crippen LogP contribution in [0, 0.1) is 5.82 Å². The molecule has 6 nitrogen and oxygen atoms in total. The number of nitrogens with zero attached hydrogens (tertiary/aromatic N) is 4. The molecule has 27 heavy (non-hydrogen) atoms. The van der Waals surface area contributed by atoms with Crippen LogP contribution in [0.3, 0.4) is 0 Å². The van der Waals surface area contributed by atoms with Crippen molar-refractivity contribution in [2.45, 2.75) is 25.5 Å². The van der Waals surface area contributed by atoms with E-state index >= 15 is 0 Å². The quantitative estimate of drug-likeness (QED) is 0.316. The van der Waals surface area contributed by atoms with Gasteiger partial charge in [-0.2, -0.15) is 11.8 Å². The second-order valence-electron chi connectivity index (χ2n) is 6.72. The third kappa shape index (κ3) is 3.80. The van der Waals surface area contributed by atoms with Gasteiger partial charge in [0.25, 0.3) is 0 Å². The number of amidine groups is 1. The molecule has 2 N–H and O–H groups in total. The molecule has 1 saturated heterocycles. The minimum absolute atomic E-state index is 0.105. The fraction of sp³-hybridized carbons (Fsp3) is 0.368. The molecule has 0 unspecified atom stereocenters. The minimum Gasteiger partial charge on any atom is -0.391 e. The lowest BCUT2D eigenvalue weighted by atomic mass is 10.1. The molecule has 0 atom stereocenters. The molecule has 1 aliphatic heterocycles. The van der Waals surface area contributed by atoms with Crippen molar-refractivity contribution in [1.29, 1.82) is 0 Å². The Labute approximate surface area is 161 Å². The molecule has 3 heterocycles. The first-order valence-electron chi connectivity index (χ1n) is 9.00. The number of fused-ring (bicyclic) bond motifs is 1. The van der Waals surface area contributed by atoms with Gasteiger partial charge in [-0.3, -0.25) is 0 Å². The predicted molar refractivity (Wildman–Crippen MR) is 104 cm³/mol. The van der Waals surface area contributed by atoms with Crippen LogP contribution in [0.4, 0.5) is 4.39 Å². The van der Waals surface area contributed by atoms with Gasteiger partial charge in [0.2, 0.25) is 0 Å². The van der Waals surface area contributed by atoms with Crippen LogP contribution in [-0.2, 0) is 18.4 Å². The Balaban J connectivity index is 1.48. The number of nitrogens with two attached hydrogens (primary N) is 1. The Morgan fingerprint density at radius 1 is 1.33 bits per heavy atom. The van der Waals surface area contributed by atoms with E-state index in [1.807, 2.05) is 57.2 Å². The summed E-state index contributed by atoms with van der Waals surface area (Å²) in [6.07, 6.45) is 7.90. The van der Waals surface area contributed by atoms with E-state index < -0.39 is 0 Å². The van der Waals surface area contributed by atoms with Gasteiger partial charge in [-0.25, -0.2) is 13.6 Å². The number of benzene rings is 1. The summed E-state index contributed by atoms with van der Waals surface area (Å²) in [5.74, 6) is 2.06. The Kier molecular flexibility index (Phi) is 5.07. The van der Waals surface area contributed by atoms with Crippen LogP contribution in [0.1, 0.15) is 24.0 Å². The summed E-state index contributed by atoms with van der Waals surface area (Å²) >= 11 is 1.92. The number of aryl methyl sites for hydroxylation is 1. The van der Waals surface area contributed by atoms with Crippen LogP contribution >= 0.6 is 11.8 Å². The largest absolute Gasteiger partial charge is 0.391 e. The van der Waals surface area contributed by atoms with E-state index in [2.05, 4.69) is 5.16 Å². The van der Waals surface area contributed by atoms with E-state index in [9.17, 15) is 4.39 Å². The average molecular weight is 388 g/mol. The molecule has 3 aromatic rings. The summed E-state index contributed by atoms with van der Waals surface area (Å²) in [6.45, 7) is 0.444. The first-order chi connectivity index (χ1) is 13.1. The first kappa shape index (κ1) is 17.9. The molecule has 1 aromatic carbocycles. The Hall–Kier alpha value is -2.48. The summed E-state index contributed by atoms with van der Waals surface area (Å²) in [5.41, 5.74) is 8.12. The molecule has 0 bridgehead atoms. The highest BCUT2D eigenvalue weighted by molar-refractivity contribution is 7.99. The number of aromatic nitrogens is 3. The molecule has 0 saturated carbocycles. The maximum Gasteiger partial charge on any atom is 0.307 e. The van der Waals surface area contributed by atoms with Crippen molar-refractivity contribution in [3.05, 3.63) is 59.8 Å². The number of hydrogen-bond acceptors (Lipinski definition) is 3. The second kappa shape index (κ2) is 7.64. The highest BCUT2D eigenvalue weighted by Gasteiger charge is 2.17. The SMILES string of the molecule is Cn1ccc2n1cc[n+]2Cc1ccc(C(N)=NOC2CCSCC2)cc1F. The third-order valence-electron chi connectivity index (χ3n) is 4.85. The van der Waals surface area contributed by atoms with Gasteiger partial charge < -0.3 is 10.6 Å². The molecule has 8 heteroatoms. The topological polar surface area (TPSA) is 60.8 Å². The van der Waals surface area contributed by atoms with Crippen LogP contribution in [0.5, 0.6) is 0 Å². The molecule has 142 valence electrons. The molecule has 1 fully saturated rings. The van der Waals surface area contributed by atoms with Gasteiger partial charge in [-0.15, -0.1) is 4.52 Å². The molecule has 4 rings (SSSR count). The number of oxime groups is 1. The van der Waals surface area contributed by atoms with Crippen LogP contribution < -0.4 is 10.3 Å². The fourth-order valence-electron chi connectivity index (χ4n) is 3.23. The first-order valence-corrected chi connectivity index (χ1v) is 10.2. The van der Waals surface area contributed by atoms with Crippen molar-refractivity contribution in [2.24, 2.45) is 17.9 Å². The molecular formula is C19H23FN5OS+. The van der Waals surface area contributed by atoms with E-state index in [0.29, 0.717) is 17.7 Å². The minimum atomic E-state index is -0.303. The van der Waals surface area contributed by atoms with Crippen LogP contribution in [0.25, 0.3) is 5.65 Å². The van der Waals surface area contributed by atoms with Crippen molar-refractivity contribution in [1.82, 2.24) is 9.20 Å².